The van der Waals surface area contributed by atoms with Gasteiger partial charge in [0.1, 0.15) is 6.33 Å². The van der Waals surface area contributed by atoms with Crippen molar-refractivity contribution in [1.82, 2.24) is 9.97 Å². The van der Waals surface area contributed by atoms with Crippen LogP contribution in [0, 0.1) is 16.0 Å². The number of nitrogens with zero attached hydrogens (tertiary/aromatic N) is 3. The topological polar surface area (TPSA) is 68.9 Å². The molecule has 1 heterocycles. The van der Waals surface area contributed by atoms with E-state index in [4.69, 9.17) is 0 Å². The van der Waals surface area contributed by atoms with Gasteiger partial charge in [-0.2, -0.15) is 0 Å². The van der Waals surface area contributed by atoms with E-state index in [1.165, 1.54) is 12.4 Å². The van der Waals surface area contributed by atoms with Crippen molar-refractivity contribution in [2.75, 3.05) is 0 Å². The van der Waals surface area contributed by atoms with Crippen molar-refractivity contribution in [2.24, 2.45) is 5.92 Å². The van der Waals surface area contributed by atoms with Crippen molar-refractivity contribution in [3.8, 4) is 0 Å². The van der Waals surface area contributed by atoms with E-state index < -0.39 is 4.92 Å². The number of nitro benzene ring substituents is 1. The molecule has 0 aliphatic heterocycles. The summed E-state index contributed by atoms with van der Waals surface area (Å²) < 4.78 is 0. The molecule has 0 fully saturated rings. The highest BCUT2D eigenvalue weighted by atomic mass is 79.9. The molecule has 0 saturated heterocycles. The van der Waals surface area contributed by atoms with Crippen LogP contribution < -0.4 is 0 Å². The molecular formula is C13H14BrN3O2. The first kappa shape index (κ1) is 13.9. The van der Waals surface area contributed by atoms with E-state index in [0.717, 1.165) is 23.0 Å². The second-order valence-corrected chi connectivity index (χ2v) is 5.92. The number of fused-ring (bicyclic) bond motifs is 1. The molecule has 1 atom stereocenters. The standard InChI is InChI=1S/C13H14BrN3O2/c1-8(2)11(14)6-13-10-5-9(17(18)19)3-4-12(10)15-7-16-13/h3-5,7-8,11H,6H2,1-2H3. The fourth-order valence-electron chi connectivity index (χ4n) is 1.79. The predicted octanol–water partition coefficient (Wildman–Crippen LogP) is 3.50. The highest BCUT2D eigenvalue weighted by molar-refractivity contribution is 9.09. The molecule has 0 N–H and O–H groups in total. The first-order chi connectivity index (χ1) is 8.99. The van der Waals surface area contributed by atoms with Gasteiger partial charge in [-0.3, -0.25) is 10.1 Å². The Hall–Kier alpha value is -1.56. The summed E-state index contributed by atoms with van der Waals surface area (Å²) in [6.45, 7) is 4.23. The number of nitro groups is 1. The molecule has 19 heavy (non-hydrogen) atoms. The number of hydrogen-bond acceptors (Lipinski definition) is 4. The molecule has 6 heteroatoms. The summed E-state index contributed by atoms with van der Waals surface area (Å²) >= 11 is 3.62. The molecule has 0 radical (unpaired) electrons. The third-order valence-corrected chi connectivity index (χ3v) is 4.41. The smallest absolute Gasteiger partial charge is 0.258 e. The minimum Gasteiger partial charge on any atom is -0.258 e. The van der Waals surface area contributed by atoms with Crippen molar-refractivity contribution >= 4 is 32.5 Å². The minimum absolute atomic E-state index is 0.0687. The molecule has 0 bridgehead atoms. The summed E-state index contributed by atoms with van der Waals surface area (Å²) in [5, 5.41) is 11.6. The van der Waals surface area contributed by atoms with Gasteiger partial charge in [-0.25, -0.2) is 9.97 Å². The van der Waals surface area contributed by atoms with Gasteiger partial charge in [0.05, 0.1) is 16.1 Å². The third kappa shape index (κ3) is 3.07. The van der Waals surface area contributed by atoms with E-state index in [1.54, 1.807) is 12.1 Å². The molecule has 1 unspecified atom stereocenters. The number of hydrogen-bond donors (Lipinski definition) is 0. The van der Waals surface area contributed by atoms with Crippen molar-refractivity contribution in [3.63, 3.8) is 0 Å². The number of non-ortho nitro benzene ring substituents is 1. The Morgan fingerprint density at radius 1 is 1.37 bits per heavy atom. The van der Waals surface area contributed by atoms with Crippen molar-refractivity contribution < 1.29 is 4.92 Å². The Kier molecular flexibility index (Phi) is 4.09. The van der Waals surface area contributed by atoms with Gasteiger partial charge >= 0.3 is 0 Å². The fourth-order valence-corrected chi connectivity index (χ4v) is 2.10. The fraction of sp³-hybridized carbons (Fsp3) is 0.385. The molecule has 100 valence electrons. The largest absolute Gasteiger partial charge is 0.270 e. The Morgan fingerprint density at radius 2 is 2.11 bits per heavy atom. The first-order valence-electron chi connectivity index (χ1n) is 6.01. The monoisotopic (exact) mass is 323 g/mol. The lowest BCUT2D eigenvalue weighted by molar-refractivity contribution is -0.384. The molecule has 0 spiro atoms. The number of benzene rings is 1. The van der Waals surface area contributed by atoms with Crippen LogP contribution in [0.3, 0.4) is 0 Å². The van der Waals surface area contributed by atoms with Crippen LogP contribution >= 0.6 is 15.9 Å². The van der Waals surface area contributed by atoms with Crippen LogP contribution in [0.4, 0.5) is 5.69 Å². The number of alkyl halides is 1. The summed E-state index contributed by atoms with van der Waals surface area (Å²) in [6.07, 6.45) is 2.22. The summed E-state index contributed by atoms with van der Waals surface area (Å²) in [5.41, 5.74) is 1.64. The van der Waals surface area contributed by atoms with Crippen LogP contribution in [0.5, 0.6) is 0 Å². The van der Waals surface area contributed by atoms with E-state index in [9.17, 15) is 10.1 Å². The van der Waals surface area contributed by atoms with Gasteiger partial charge in [-0.15, -0.1) is 0 Å². The lowest BCUT2D eigenvalue weighted by atomic mass is 10.0. The summed E-state index contributed by atoms with van der Waals surface area (Å²) in [6, 6.07) is 4.68. The predicted molar refractivity (Wildman–Crippen MR) is 77.4 cm³/mol. The second-order valence-electron chi connectivity index (χ2n) is 4.74. The van der Waals surface area contributed by atoms with E-state index in [0.29, 0.717) is 5.92 Å². The van der Waals surface area contributed by atoms with Gasteiger partial charge in [-0.1, -0.05) is 29.8 Å². The van der Waals surface area contributed by atoms with Gasteiger partial charge in [0, 0.05) is 28.8 Å². The quantitative estimate of drug-likeness (QED) is 0.490. The Labute approximate surface area is 119 Å². The Balaban J connectivity index is 2.48. The molecule has 0 saturated carbocycles. The maximum Gasteiger partial charge on any atom is 0.270 e. The molecule has 0 amide bonds. The molecule has 1 aromatic heterocycles. The first-order valence-corrected chi connectivity index (χ1v) is 6.92. The normalized spacial score (nSPS) is 12.8. The molecule has 0 aliphatic carbocycles. The molecule has 0 aliphatic rings. The average Bonchev–Trinajstić information content (AvgIpc) is 2.38. The van der Waals surface area contributed by atoms with E-state index in [2.05, 4.69) is 39.7 Å². The summed E-state index contributed by atoms with van der Waals surface area (Å²) in [4.78, 5) is 19.1. The zero-order valence-electron chi connectivity index (χ0n) is 10.7. The van der Waals surface area contributed by atoms with Crippen molar-refractivity contribution in [3.05, 3.63) is 40.3 Å². The average molecular weight is 324 g/mol. The zero-order chi connectivity index (χ0) is 14.0. The Morgan fingerprint density at radius 3 is 2.74 bits per heavy atom. The highest BCUT2D eigenvalue weighted by Gasteiger charge is 2.15. The van der Waals surface area contributed by atoms with Crippen LogP contribution in [-0.2, 0) is 6.42 Å². The molecule has 2 rings (SSSR count). The third-order valence-electron chi connectivity index (χ3n) is 3.02. The van der Waals surface area contributed by atoms with Crippen LogP contribution in [0.2, 0.25) is 0 Å². The van der Waals surface area contributed by atoms with Crippen molar-refractivity contribution in [1.29, 1.82) is 0 Å². The van der Waals surface area contributed by atoms with Crippen LogP contribution in [0.15, 0.2) is 24.5 Å². The molecule has 1 aromatic carbocycles. The number of rotatable bonds is 4. The molecule has 2 aromatic rings. The van der Waals surface area contributed by atoms with E-state index in [1.807, 2.05) is 0 Å². The number of halogens is 1. The van der Waals surface area contributed by atoms with Gasteiger partial charge in [0.2, 0.25) is 0 Å². The van der Waals surface area contributed by atoms with Gasteiger partial charge < -0.3 is 0 Å². The van der Waals surface area contributed by atoms with Crippen molar-refractivity contribution in [2.45, 2.75) is 25.1 Å². The van der Waals surface area contributed by atoms with Gasteiger partial charge in [0.25, 0.3) is 5.69 Å². The van der Waals surface area contributed by atoms with Gasteiger partial charge in [0.15, 0.2) is 0 Å². The highest BCUT2D eigenvalue weighted by Crippen LogP contribution is 2.25. The molecule has 5 nitrogen and oxygen atoms in total. The second kappa shape index (κ2) is 5.61. The lowest BCUT2D eigenvalue weighted by Gasteiger charge is -2.13. The molecular weight excluding hydrogens is 310 g/mol. The number of aromatic nitrogens is 2. The van der Waals surface area contributed by atoms with E-state index >= 15 is 0 Å². The summed E-state index contributed by atoms with van der Waals surface area (Å²) in [5.74, 6) is 0.462. The van der Waals surface area contributed by atoms with E-state index in [-0.39, 0.29) is 10.5 Å². The summed E-state index contributed by atoms with van der Waals surface area (Å²) in [7, 11) is 0. The van der Waals surface area contributed by atoms with Crippen LogP contribution in [0.1, 0.15) is 19.5 Å². The lowest BCUT2D eigenvalue weighted by Crippen LogP contribution is -2.12. The van der Waals surface area contributed by atoms with Gasteiger partial charge in [-0.05, 0) is 12.0 Å². The van der Waals surface area contributed by atoms with Crippen LogP contribution in [0.25, 0.3) is 10.9 Å². The zero-order valence-corrected chi connectivity index (χ0v) is 12.3. The van der Waals surface area contributed by atoms with Crippen LogP contribution in [-0.4, -0.2) is 19.7 Å². The Bertz CT molecular complexity index is 616. The SMILES string of the molecule is CC(C)C(Br)Cc1ncnc2ccc([N+](=O)[O-])cc12. The minimum atomic E-state index is -0.399. The maximum atomic E-state index is 10.8. The maximum absolute atomic E-state index is 10.8.